The first kappa shape index (κ1) is 14.8. The first-order chi connectivity index (χ1) is 7.87. The number of sulfonamides is 2. The van der Waals surface area contributed by atoms with Gasteiger partial charge < -0.3 is 5.32 Å². The predicted molar refractivity (Wildman–Crippen MR) is 65.7 cm³/mol. The Labute approximate surface area is 102 Å². The second-order valence-electron chi connectivity index (χ2n) is 3.87. The third-order valence-corrected chi connectivity index (χ3v) is 5.85. The minimum absolute atomic E-state index is 0.0891. The molecule has 1 atom stereocenters. The molecule has 1 heterocycles. The van der Waals surface area contributed by atoms with Crippen LogP contribution in [0.5, 0.6) is 0 Å². The fraction of sp³-hybridized carbons (Fsp3) is 1.00. The van der Waals surface area contributed by atoms with Crippen LogP contribution in [0.2, 0.25) is 0 Å². The quantitative estimate of drug-likeness (QED) is 0.512. The molecule has 1 aliphatic heterocycles. The normalized spacial score (nSPS) is 21.8. The van der Waals surface area contributed by atoms with Gasteiger partial charge in [0.1, 0.15) is 0 Å². The van der Waals surface area contributed by atoms with Gasteiger partial charge in [0, 0.05) is 19.6 Å². The molecule has 0 aliphatic carbocycles. The molecule has 0 saturated carbocycles. The molecule has 0 spiro atoms. The summed E-state index contributed by atoms with van der Waals surface area (Å²) in [5.41, 5.74) is 0. The Balaban J connectivity index is 2.40. The highest BCUT2D eigenvalue weighted by Crippen LogP contribution is 2.07. The maximum atomic E-state index is 11.7. The van der Waals surface area contributed by atoms with E-state index in [0.717, 1.165) is 0 Å². The summed E-state index contributed by atoms with van der Waals surface area (Å²) in [6.07, 6.45) is 0.565. The summed E-state index contributed by atoms with van der Waals surface area (Å²) in [7, 11) is -6.77. The monoisotopic (exact) mass is 285 g/mol. The van der Waals surface area contributed by atoms with Gasteiger partial charge in [-0.3, -0.25) is 0 Å². The summed E-state index contributed by atoms with van der Waals surface area (Å²) in [6, 6.07) is 0. The molecule has 0 aromatic rings. The number of nitrogens with one attached hydrogen (secondary N) is 3. The van der Waals surface area contributed by atoms with E-state index in [1.807, 2.05) is 0 Å². The van der Waals surface area contributed by atoms with Gasteiger partial charge in [0.25, 0.3) is 0 Å². The topological polar surface area (TPSA) is 104 Å². The van der Waals surface area contributed by atoms with Crippen LogP contribution in [0, 0.1) is 0 Å². The van der Waals surface area contributed by atoms with Gasteiger partial charge in [0.05, 0.1) is 11.0 Å². The Bertz CT molecular complexity index is 426. The van der Waals surface area contributed by atoms with Crippen molar-refractivity contribution in [1.29, 1.82) is 0 Å². The molecule has 1 fully saturated rings. The van der Waals surface area contributed by atoms with Crippen molar-refractivity contribution in [2.75, 3.05) is 31.9 Å². The number of hydrogen-bond acceptors (Lipinski definition) is 5. The van der Waals surface area contributed by atoms with Crippen LogP contribution in [-0.4, -0.2) is 54.0 Å². The molecule has 0 aromatic heterocycles. The Morgan fingerprint density at radius 2 is 1.94 bits per heavy atom. The average molecular weight is 285 g/mol. The van der Waals surface area contributed by atoms with Crippen molar-refractivity contribution < 1.29 is 16.8 Å². The third-order valence-electron chi connectivity index (χ3n) is 2.49. The van der Waals surface area contributed by atoms with Gasteiger partial charge >= 0.3 is 0 Å². The summed E-state index contributed by atoms with van der Waals surface area (Å²) in [5, 5.41) is 2.50. The van der Waals surface area contributed by atoms with Crippen molar-refractivity contribution in [3.63, 3.8) is 0 Å². The molecule has 9 heteroatoms. The van der Waals surface area contributed by atoms with Crippen LogP contribution in [0.1, 0.15) is 13.3 Å². The molecule has 17 heavy (non-hydrogen) atoms. The van der Waals surface area contributed by atoms with Crippen LogP contribution in [-0.2, 0) is 20.0 Å². The second kappa shape index (κ2) is 6.10. The van der Waals surface area contributed by atoms with Crippen molar-refractivity contribution in [3.05, 3.63) is 0 Å². The smallest absolute Gasteiger partial charge is 0.215 e. The van der Waals surface area contributed by atoms with Crippen LogP contribution < -0.4 is 14.8 Å². The lowest BCUT2D eigenvalue weighted by Crippen LogP contribution is -2.39. The molecule has 3 N–H and O–H groups in total. The van der Waals surface area contributed by atoms with Gasteiger partial charge in [-0.15, -0.1) is 0 Å². The Morgan fingerprint density at radius 1 is 1.24 bits per heavy atom. The summed E-state index contributed by atoms with van der Waals surface area (Å²) in [4.78, 5) is 0. The fourth-order valence-electron chi connectivity index (χ4n) is 1.62. The lowest BCUT2D eigenvalue weighted by Gasteiger charge is -2.11. The minimum Gasteiger partial charge on any atom is -0.315 e. The molecule has 0 aromatic carbocycles. The van der Waals surface area contributed by atoms with E-state index in [4.69, 9.17) is 0 Å². The van der Waals surface area contributed by atoms with Crippen molar-refractivity contribution in [3.8, 4) is 0 Å². The lowest BCUT2D eigenvalue weighted by atomic mass is 10.4. The average Bonchev–Trinajstić information content (AvgIpc) is 2.69. The van der Waals surface area contributed by atoms with Gasteiger partial charge in [-0.2, -0.15) is 0 Å². The van der Waals surface area contributed by atoms with Crippen molar-refractivity contribution in [2.24, 2.45) is 0 Å². The van der Waals surface area contributed by atoms with E-state index in [1.165, 1.54) is 0 Å². The summed E-state index contributed by atoms with van der Waals surface area (Å²) in [6.45, 7) is 3.00. The van der Waals surface area contributed by atoms with Crippen LogP contribution in [0.25, 0.3) is 0 Å². The van der Waals surface area contributed by atoms with Crippen LogP contribution in [0.4, 0.5) is 0 Å². The van der Waals surface area contributed by atoms with E-state index in [-0.39, 0.29) is 12.3 Å². The highest BCUT2D eigenvalue weighted by Gasteiger charge is 2.28. The van der Waals surface area contributed by atoms with Gasteiger partial charge in [-0.1, -0.05) is 6.92 Å². The van der Waals surface area contributed by atoms with Crippen molar-refractivity contribution in [1.82, 2.24) is 14.8 Å². The Kier molecular flexibility index (Phi) is 5.32. The first-order valence-corrected chi connectivity index (χ1v) is 8.74. The van der Waals surface area contributed by atoms with E-state index in [1.54, 1.807) is 6.92 Å². The van der Waals surface area contributed by atoms with E-state index < -0.39 is 25.3 Å². The van der Waals surface area contributed by atoms with Gasteiger partial charge in [-0.25, -0.2) is 26.3 Å². The zero-order chi connectivity index (χ0) is 12.9. The predicted octanol–water partition coefficient (Wildman–Crippen LogP) is -1.79. The zero-order valence-corrected chi connectivity index (χ0v) is 11.4. The highest BCUT2D eigenvalue weighted by atomic mass is 32.2. The standard InChI is InChI=1S/C8H19N3O4S2/c1-2-10-16(12,13)6-5-11-17(14,15)8-3-4-9-7-8/h8-11H,2-7H2,1H3. The summed E-state index contributed by atoms with van der Waals surface area (Å²) >= 11 is 0. The van der Waals surface area contributed by atoms with Gasteiger partial charge in [0.15, 0.2) is 0 Å². The fourth-order valence-corrected chi connectivity index (χ4v) is 4.09. The molecule has 102 valence electrons. The zero-order valence-electron chi connectivity index (χ0n) is 9.77. The molecule has 1 aliphatic rings. The molecule has 1 rings (SSSR count). The molecule has 1 unspecified atom stereocenters. The lowest BCUT2D eigenvalue weighted by molar-refractivity contribution is 0.567. The second-order valence-corrected chi connectivity index (χ2v) is 7.84. The number of hydrogen-bond donors (Lipinski definition) is 3. The third kappa shape index (κ3) is 4.88. The Hall–Kier alpha value is -0.220. The SMILES string of the molecule is CCNS(=O)(=O)CCNS(=O)(=O)C1CCNC1. The van der Waals surface area contributed by atoms with Crippen LogP contribution in [0.15, 0.2) is 0 Å². The Morgan fingerprint density at radius 3 is 2.47 bits per heavy atom. The van der Waals surface area contributed by atoms with E-state index in [0.29, 0.717) is 26.1 Å². The largest absolute Gasteiger partial charge is 0.315 e. The molecule has 0 radical (unpaired) electrons. The number of rotatable bonds is 7. The van der Waals surface area contributed by atoms with E-state index in [9.17, 15) is 16.8 Å². The maximum absolute atomic E-state index is 11.7. The summed E-state index contributed by atoms with van der Waals surface area (Å²) in [5.74, 6) is -0.236. The van der Waals surface area contributed by atoms with Gasteiger partial charge in [0.2, 0.25) is 20.0 Å². The highest BCUT2D eigenvalue weighted by molar-refractivity contribution is 7.90. The van der Waals surface area contributed by atoms with E-state index >= 15 is 0 Å². The molecular weight excluding hydrogens is 266 g/mol. The molecule has 1 saturated heterocycles. The molecule has 0 bridgehead atoms. The summed E-state index contributed by atoms with van der Waals surface area (Å²) < 4.78 is 50.6. The van der Waals surface area contributed by atoms with E-state index in [2.05, 4.69) is 14.8 Å². The maximum Gasteiger partial charge on any atom is 0.215 e. The van der Waals surface area contributed by atoms with Crippen LogP contribution >= 0.6 is 0 Å². The molecular formula is C8H19N3O4S2. The van der Waals surface area contributed by atoms with Crippen molar-refractivity contribution >= 4 is 20.0 Å². The van der Waals surface area contributed by atoms with Crippen LogP contribution in [0.3, 0.4) is 0 Å². The van der Waals surface area contributed by atoms with Gasteiger partial charge in [-0.05, 0) is 13.0 Å². The first-order valence-electron chi connectivity index (χ1n) is 5.54. The minimum atomic E-state index is -3.40. The van der Waals surface area contributed by atoms with Crippen molar-refractivity contribution in [2.45, 2.75) is 18.6 Å². The molecule has 7 nitrogen and oxygen atoms in total. The molecule has 0 amide bonds.